The smallest absolute Gasteiger partial charge is 0.194 e. The molecule has 1 atom stereocenters. The molecule has 2 rings (SSSR count). The molecule has 1 unspecified atom stereocenters. The number of hydrogen-bond acceptors (Lipinski definition) is 4. The van der Waals surface area contributed by atoms with Crippen molar-refractivity contribution in [3.05, 3.63) is 17.8 Å². The van der Waals surface area contributed by atoms with Crippen molar-refractivity contribution in [3.8, 4) is 0 Å². The largest absolute Gasteiger partial charge is 0.444 e. The summed E-state index contributed by atoms with van der Waals surface area (Å²) < 4.78 is 5.69. The van der Waals surface area contributed by atoms with Crippen molar-refractivity contribution in [1.29, 1.82) is 0 Å². The molecule has 4 heteroatoms. The molecule has 0 spiro atoms. The monoisotopic (exact) mass is 237 g/mol. The van der Waals surface area contributed by atoms with Crippen LogP contribution in [0.3, 0.4) is 0 Å². The normalized spacial score (nSPS) is 21.5. The van der Waals surface area contributed by atoms with Crippen LogP contribution in [0.15, 0.2) is 10.6 Å². The van der Waals surface area contributed by atoms with Crippen molar-refractivity contribution >= 4 is 0 Å². The highest BCUT2D eigenvalue weighted by Crippen LogP contribution is 2.22. The molecule has 0 aliphatic carbocycles. The molecule has 1 aromatic rings. The molecule has 2 heterocycles. The first-order chi connectivity index (χ1) is 8.19. The summed E-state index contributed by atoms with van der Waals surface area (Å²) in [6, 6.07) is 0.657. The van der Waals surface area contributed by atoms with Gasteiger partial charge < -0.3 is 14.6 Å². The number of rotatable bonds is 5. The number of likely N-dealkylation sites (tertiary alicyclic amines) is 1. The second-order valence-electron chi connectivity index (χ2n) is 5.20. The second kappa shape index (κ2) is 5.65. The molecule has 1 N–H and O–H groups in total. The summed E-state index contributed by atoms with van der Waals surface area (Å²) in [5.74, 6) is 2.53. The van der Waals surface area contributed by atoms with Gasteiger partial charge in [0, 0.05) is 19.0 Å². The fourth-order valence-electron chi connectivity index (χ4n) is 2.44. The Kier molecular flexibility index (Phi) is 4.18. The van der Waals surface area contributed by atoms with Crippen LogP contribution >= 0.6 is 0 Å². The molecule has 0 radical (unpaired) electrons. The van der Waals surface area contributed by atoms with Gasteiger partial charge in [0.05, 0.1) is 12.7 Å². The third kappa shape index (κ3) is 3.30. The number of oxazole rings is 1. The summed E-state index contributed by atoms with van der Waals surface area (Å²) in [5, 5.41) is 3.07. The second-order valence-corrected chi connectivity index (χ2v) is 5.20. The molecule has 0 aromatic carbocycles. The molecule has 1 aliphatic heterocycles. The molecule has 1 fully saturated rings. The SMILES string of the molecule is CNCc1cnc(CC2CCN(C(C)C)C2)o1. The van der Waals surface area contributed by atoms with Crippen LogP contribution in [0.25, 0.3) is 0 Å². The first-order valence-electron chi connectivity index (χ1n) is 6.51. The molecule has 96 valence electrons. The van der Waals surface area contributed by atoms with E-state index in [2.05, 4.69) is 29.0 Å². The topological polar surface area (TPSA) is 41.3 Å². The standard InChI is InChI=1S/C13H23N3O/c1-10(2)16-5-4-11(9-16)6-13-15-8-12(17-13)7-14-3/h8,10-11,14H,4-7,9H2,1-3H3. The van der Waals surface area contributed by atoms with E-state index >= 15 is 0 Å². The minimum absolute atomic E-state index is 0.657. The molecule has 1 aliphatic rings. The zero-order valence-electron chi connectivity index (χ0n) is 11.1. The van der Waals surface area contributed by atoms with Crippen LogP contribution in [0.2, 0.25) is 0 Å². The molecule has 1 aromatic heterocycles. The van der Waals surface area contributed by atoms with Gasteiger partial charge in [0.1, 0.15) is 5.76 Å². The van der Waals surface area contributed by atoms with E-state index < -0.39 is 0 Å². The maximum absolute atomic E-state index is 5.69. The number of aromatic nitrogens is 1. The highest BCUT2D eigenvalue weighted by molar-refractivity contribution is 4.95. The number of nitrogens with zero attached hydrogens (tertiary/aromatic N) is 2. The van der Waals surface area contributed by atoms with E-state index in [4.69, 9.17) is 4.42 Å². The predicted octanol–water partition coefficient (Wildman–Crippen LogP) is 1.67. The van der Waals surface area contributed by atoms with E-state index in [9.17, 15) is 0 Å². The van der Waals surface area contributed by atoms with Gasteiger partial charge in [0.2, 0.25) is 0 Å². The summed E-state index contributed by atoms with van der Waals surface area (Å²) in [7, 11) is 1.92. The minimum atomic E-state index is 0.657. The lowest BCUT2D eigenvalue weighted by Crippen LogP contribution is -2.28. The zero-order valence-corrected chi connectivity index (χ0v) is 11.1. The van der Waals surface area contributed by atoms with Crippen LogP contribution in [-0.4, -0.2) is 36.1 Å². The summed E-state index contributed by atoms with van der Waals surface area (Å²) in [4.78, 5) is 6.87. The van der Waals surface area contributed by atoms with E-state index in [0.29, 0.717) is 12.0 Å². The molecular weight excluding hydrogens is 214 g/mol. The van der Waals surface area contributed by atoms with E-state index in [1.807, 2.05) is 13.2 Å². The van der Waals surface area contributed by atoms with Gasteiger partial charge in [-0.3, -0.25) is 0 Å². The minimum Gasteiger partial charge on any atom is -0.444 e. The Labute approximate surface area is 103 Å². The van der Waals surface area contributed by atoms with Crippen LogP contribution < -0.4 is 5.32 Å². The van der Waals surface area contributed by atoms with Gasteiger partial charge in [-0.15, -0.1) is 0 Å². The quantitative estimate of drug-likeness (QED) is 0.845. The van der Waals surface area contributed by atoms with Crippen LogP contribution in [0, 0.1) is 5.92 Å². The molecule has 1 saturated heterocycles. The van der Waals surface area contributed by atoms with E-state index in [1.165, 1.54) is 19.5 Å². The molecule has 4 nitrogen and oxygen atoms in total. The first kappa shape index (κ1) is 12.6. The van der Waals surface area contributed by atoms with Gasteiger partial charge in [-0.2, -0.15) is 0 Å². The van der Waals surface area contributed by atoms with Gasteiger partial charge in [-0.1, -0.05) is 0 Å². The van der Waals surface area contributed by atoms with Gasteiger partial charge >= 0.3 is 0 Å². The first-order valence-corrected chi connectivity index (χ1v) is 6.51. The van der Waals surface area contributed by atoms with Gasteiger partial charge in [-0.05, 0) is 39.8 Å². The maximum Gasteiger partial charge on any atom is 0.194 e. The highest BCUT2D eigenvalue weighted by Gasteiger charge is 2.25. The summed E-state index contributed by atoms with van der Waals surface area (Å²) in [5.41, 5.74) is 0. The van der Waals surface area contributed by atoms with Gasteiger partial charge in [0.25, 0.3) is 0 Å². The summed E-state index contributed by atoms with van der Waals surface area (Å²) in [6.07, 6.45) is 4.08. The lowest BCUT2D eigenvalue weighted by Gasteiger charge is -2.19. The van der Waals surface area contributed by atoms with Crippen LogP contribution in [0.1, 0.15) is 31.9 Å². The van der Waals surface area contributed by atoms with Gasteiger partial charge in [0.15, 0.2) is 5.89 Å². The van der Waals surface area contributed by atoms with Gasteiger partial charge in [-0.25, -0.2) is 4.98 Å². The van der Waals surface area contributed by atoms with E-state index in [0.717, 1.165) is 24.6 Å². The fraction of sp³-hybridized carbons (Fsp3) is 0.769. The lowest BCUT2D eigenvalue weighted by molar-refractivity contribution is 0.262. The molecule has 0 saturated carbocycles. The van der Waals surface area contributed by atoms with E-state index in [1.54, 1.807) is 0 Å². The highest BCUT2D eigenvalue weighted by atomic mass is 16.4. The summed E-state index contributed by atoms with van der Waals surface area (Å²) >= 11 is 0. The average molecular weight is 237 g/mol. The van der Waals surface area contributed by atoms with Crippen molar-refractivity contribution in [1.82, 2.24) is 15.2 Å². The maximum atomic E-state index is 5.69. The van der Waals surface area contributed by atoms with Crippen molar-refractivity contribution in [2.45, 2.75) is 39.3 Å². The Bertz CT molecular complexity index is 348. The lowest BCUT2D eigenvalue weighted by atomic mass is 10.1. The molecule has 0 bridgehead atoms. The van der Waals surface area contributed by atoms with Crippen molar-refractivity contribution in [2.24, 2.45) is 5.92 Å². The van der Waals surface area contributed by atoms with Crippen molar-refractivity contribution in [3.63, 3.8) is 0 Å². The third-order valence-corrected chi connectivity index (χ3v) is 3.46. The Balaban J connectivity index is 1.84. The van der Waals surface area contributed by atoms with Crippen molar-refractivity contribution in [2.75, 3.05) is 20.1 Å². The van der Waals surface area contributed by atoms with Crippen LogP contribution in [0.5, 0.6) is 0 Å². The predicted molar refractivity (Wildman–Crippen MR) is 67.8 cm³/mol. The molecular formula is C13H23N3O. The van der Waals surface area contributed by atoms with Crippen LogP contribution in [0.4, 0.5) is 0 Å². The van der Waals surface area contributed by atoms with Crippen LogP contribution in [-0.2, 0) is 13.0 Å². The third-order valence-electron chi connectivity index (χ3n) is 3.46. The Morgan fingerprint density at radius 2 is 2.41 bits per heavy atom. The Hall–Kier alpha value is -0.870. The zero-order chi connectivity index (χ0) is 12.3. The Morgan fingerprint density at radius 1 is 1.59 bits per heavy atom. The average Bonchev–Trinajstić information content (AvgIpc) is 2.89. The number of nitrogens with one attached hydrogen (secondary N) is 1. The fourth-order valence-corrected chi connectivity index (χ4v) is 2.44. The molecule has 0 amide bonds. The number of hydrogen-bond donors (Lipinski definition) is 1. The Morgan fingerprint density at radius 3 is 3.06 bits per heavy atom. The summed E-state index contributed by atoms with van der Waals surface area (Å²) in [6.45, 7) is 7.68. The molecule has 17 heavy (non-hydrogen) atoms. The van der Waals surface area contributed by atoms with Crippen molar-refractivity contribution < 1.29 is 4.42 Å². The van der Waals surface area contributed by atoms with E-state index in [-0.39, 0.29) is 0 Å².